The van der Waals surface area contributed by atoms with Gasteiger partial charge in [0.05, 0.1) is 19.4 Å². The van der Waals surface area contributed by atoms with Crippen LogP contribution in [0.1, 0.15) is 59.3 Å². The van der Waals surface area contributed by atoms with Crippen molar-refractivity contribution in [1.82, 2.24) is 0 Å². The van der Waals surface area contributed by atoms with E-state index in [1.165, 1.54) is 6.42 Å². The van der Waals surface area contributed by atoms with E-state index in [0.717, 1.165) is 19.3 Å². The maximum Gasteiger partial charge on any atom is 0.306 e. The van der Waals surface area contributed by atoms with Crippen molar-refractivity contribution in [3.8, 4) is 0 Å². The third-order valence-corrected chi connectivity index (χ3v) is 3.73. The van der Waals surface area contributed by atoms with Gasteiger partial charge in [-0.3, -0.25) is 9.59 Å². The van der Waals surface area contributed by atoms with Crippen LogP contribution in [0.15, 0.2) is 0 Å². The number of esters is 2. The van der Waals surface area contributed by atoms with Crippen LogP contribution in [0, 0.1) is 11.8 Å². The van der Waals surface area contributed by atoms with Crippen molar-refractivity contribution in [2.24, 2.45) is 11.8 Å². The molecule has 0 N–H and O–H groups in total. The van der Waals surface area contributed by atoms with Gasteiger partial charge in [-0.15, -0.1) is 0 Å². The lowest BCUT2D eigenvalue weighted by atomic mass is 9.79. The number of rotatable bonds is 6. The molecular formula is C15H26O4. The Morgan fingerprint density at radius 3 is 2.37 bits per heavy atom. The Kier molecular flexibility index (Phi) is 6.89. The molecule has 2 unspecified atom stereocenters. The largest absolute Gasteiger partial charge is 0.466 e. The van der Waals surface area contributed by atoms with E-state index in [9.17, 15) is 9.59 Å². The Balaban J connectivity index is 2.35. The van der Waals surface area contributed by atoms with Gasteiger partial charge in [0, 0.05) is 0 Å². The van der Waals surface area contributed by atoms with Crippen molar-refractivity contribution in [1.29, 1.82) is 0 Å². The van der Waals surface area contributed by atoms with E-state index in [4.69, 9.17) is 9.47 Å². The molecule has 1 aliphatic carbocycles. The Hall–Kier alpha value is -1.06. The van der Waals surface area contributed by atoms with Gasteiger partial charge in [-0.1, -0.05) is 20.3 Å². The fourth-order valence-corrected chi connectivity index (χ4v) is 2.70. The van der Waals surface area contributed by atoms with Crippen molar-refractivity contribution < 1.29 is 19.1 Å². The van der Waals surface area contributed by atoms with Crippen molar-refractivity contribution >= 4 is 11.9 Å². The first-order valence-corrected chi connectivity index (χ1v) is 7.39. The molecule has 0 spiro atoms. The highest BCUT2D eigenvalue weighted by atomic mass is 16.5. The van der Waals surface area contributed by atoms with Gasteiger partial charge < -0.3 is 9.47 Å². The number of ether oxygens (including phenoxy) is 2. The summed E-state index contributed by atoms with van der Waals surface area (Å²) >= 11 is 0. The van der Waals surface area contributed by atoms with Gasteiger partial charge in [0.1, 0.15) is 6.10 Å². The molecule has 1 fully saturated rings. The summed E-state index contributed by atoms with van der Waals surface area (Å²) in [6.45, 7) is 6.46. The molecule has 0 aromatic rings. The lowest BCUT2D eigenvalue weighted by molar-refractivity contribution is -0.157. The second-order valence-electron chi connectivity index (χ2n) is 5.53. The Bertz CT molecular complexity index is 299. The predicted octanol–water partition coefficient (Wildman–Crippen LogP) is 3.09. The molecule has 0 aromatic heterocycles. The standard InChI is InChI=1S/C15H26O4/c1-4-18-14(16)9-10-15(17)19-13-8-6-5-7-12(13)11(2)3/h11-13H,4-10H2,1-3H3. The number of hydrogen-bond donors (Lipinski definition) is 0. The molecule has 1 aliphatic rings. The van der Waals surface area contributed by atoms with Crippen molar-refractivity contribution in [2.45, 2.75) is 65.4 Å². The van der Waals surface area contributed by atoms with Crippen molar-refractivity contribution in [3.05, 3.63) is 0 Å². The van der Waals surface area contributed by atoms with E-state index in [0.29, 0.717) is 18.4 Å². The molecule has 110 valence electrons. The SMILES string of the molecule is CCOC(=O)CCC(=O)OC1CCCCC1C(C)C. The maximum atomic E-state index is 11.8. The van der Waals surface area contributed by atoms with E-state index in [-0.39, 0.29) is 30.9 Å². The molecular weight excluding hydrogens is 244 g/mol. The summed E-state index contributed by atoms with van der Waals surface area (Å²) in [6.07, 6.45) is 4.70. The van der Waals surface area contributed by atoms with Gasteiger partial charge in [0.25, 0.3) is 0 Å². The summed E-state index contributed by atoms with van der Waals surface area (Å²) in [4.78, 5) is 22.9. The fourth-order valence-electron chi connectivity index (χ4n) is 2.70. The van der Waals surface area contributed by atoms with E-state index >= 15 is 0 Å². The Labute approximate surface area is 115 Å². The molecule has 4 nitrogen and oxygen atoms in total. The van der Waals surface area contributed by atoms with Crippen molar-refractivity contribution in [3.63, 3.8) is 0 Å². The minimum atomic E-state index is -0.330. The highest BCUT2D eigenvalue weighted by Crippen LogP contribution is 2.32. The zero-order valence-corrected chi connectivity index (χ0v) is 12.3. The van der Waals surface area contributed by atoms with Gasteiger partial charge in [-0.25, -0.2) is 0 Å². The first-order valence-electron chi connectivity index (χ1n) is 7.39. The molecule has 4 heteroatoms. The number of carbonyl (C=O) groups is 2. The topological polar surface area (TPSA) is 52.6 Å². The van der Waals surface area contributed by atoms with Crippen LogP contribution in [0.2, 0.25) is 0 Å². The third-order valence-electron chi connectivity index (χ3n) is 3.73. The summed E-state index contributed by atoms with van der Waals surface area (Å²) in [7, 11) is 0. The zero-order valence-electron chi connectivity index (χ0n) is 12.3. The van der Waals surface area contributed by atoms with Gasteiger partial charge in [-0.05, 0) is 38.0 Å². The van der Waals surface area contributed by atoms with Gasteiger partial charge in [0.15, 0.2) is 0 Å². The third kappa shape index (κ3) is 5.62. The molecule has 2 atom stereocenters. The lowest BCUT2D eigenvalue weighted by Crippen LogP contribution is -2.33. The number of hydrogen-bond acceptors (Lipinski definition) is 4. The minimum Gasteiger partial charge on any atom is -0.466 e. The van der Waals surface area contributed by atoms with Gasteiger partial charge in [-0.2, -0.15) is 0 Å². The second-order valence-corrected chi connectivity index (χ2v) is 5.53. The molecule has 0 amide bonds. The lowest BCUT2D eigenvalue weighted by Gasteiger charge is -2.33. The van der Waals surface area contributed by atoms with Crippen LogP contribution in [-0.4, -0.2) is 24.6 Å². The quantitative estimate of drug-likeness (QED) is 0.696. The molecule has 1 saturated carbocycles. The van der Waals surface area contributed by atoms with E-state index in [2.05, 4.69) is 13.8 Å². The average Bonchev–Trinajstić information content (AvgIpc) is 2.37. The van der Waals surface area contributed by atoms with Crippen molar-refractivity contribution in [2.75, 3.05) is 6.61 Å². The minimum absolute atomic E-state index is 0.0310. The van der Waals surface area contributed by atoms with Gasteiger partial charge in [0.2, 0.25) is 0 Å². The monoisotopic (exact) mass is 270 g/mol. The first-order chi connectivity index (χ1) is 9.04. The first kappa shape index (κ1) is 16.0. The maximum absolute atomic E-state index is 11.8. The van der Waals surface area contributed by atoms with Crippen LogP contribution >= 0.6 is 0 Å². The van der Waals surface area contributed by atoms with Crippen LogP contribution in [0.3, 0.4) is 0 Å². The molecule has 0 bridgehead atoms. The average molecular weight is 270 g/mol. The fraction of sp³-hybridized carbons (Fsp3) is 0.867. The highest BCUT2D eigenvalue weighted by molar-refractivity contribution is 5.77. The summed E-state index contributed by atoms with van der Waals surface area (Å²) in [5, 5.41) is 0. The summed E-state index contributed by atoms with van der Waals surface area (Å²) in [6, 6.07) is 0. The van der Waals surface area contributed by atoms with Crippen LogP contribution in [-0.2, 0) is 19.1 Å². The van der Waals surface area contributed by atoms with E-state index in [1.54, 1.807) is 6.92 Å². The zero-order chi connectivity index (χ0) is 14.3. The van der Waals surface area contributed by atoms with Crippen LogP contribution in [0.25, 0.3) is 0 Å². The summed E-state index contributed by atoms with van der Waals surface area (Å²) in [5.41, 5.74) is 0. The van der Waals surface area contributed by atoms with Crippen LogP contribution in [0.4, 0.5) is 0 Å². The summed E-state index contributed by atoms with van der Waals surface area (Å²) in [5.74, 6) is 0.387. The van der Waals surface area contributed by atoms with Crippen LogP contribution in [0.5, 0.6) is 0 Å². The highest BCUT2D eigenvalue weighted by Gasteiger charge is 2.30. The Morgan fingerprint density at radius 2 is 1.74 bits per heavy atom. The molecule has 0 radical (unpaired) electrons. The molecule has 0 aliphatic heterocycles. The second kappa shape index (κ2) is 8.18. The Morgan fingerprint density at radius 1 is 1.11 bits per heavy atom. The molecule has 1 rings (SSSR count). The normalized spacial score (nSPS) is 23.2. The smallest absolute Gasteiger partial charge is 0.306 e. The molecule has 0 saturated heterocycles. The molecule has 19 heavy (non-hydrogen) atoms. The van der Waals surface area contributed by atoms with Gasteiger partial charge >= 0.3 is 11.9 Å². The van der Waals surface area contributed by atoms with E-state index in [1.807, 2.05) is 0 Å². The van der Waals surface area contributed by atoms with Crippen LogP contribution < -0.4 is 0 Å². The molecule has 0 aromatic carbocycles. The summed E-state index contributed by atoms with van der Waals surface area (Å²) < 4.78 is 10.3. The molecule has 0 heterocycles. The van der Waals surface area contributed by atoms with E-state index < -0.39 is 0 Å². The number of carbonyl (C=O) groups excluding carboxylic acids is 2. The predicted molar refractivity (Wildman–Crippen MR) is 72.5 cm³/mol.